The lowest BCUT2D eigenvalue weighted by Gasteiger charge is -2.16. The zero-order valence-electron chi connectivity index (χ0n) is 13.6. The maximum Gasteiger partial charge on any atom is 0.395 e. The first-order chi connectivity index (χ1) is 11.2. The number of hydrogen-bond donors (Lipinski definition) is 0. The Morgan fingerprint density at radius 1 is 0.958 bits per heavy atom. The molecule has 24 heavy (non-hydrogen) atoms. The third-order valence-electron chi connectivity index (χ3n) is 3.61. The van der Waals surface area contributed by atoms with Crippen LogP contribution in [0.2, 0.25) is 0 Å². The molecule has 128 valence electrons. The van der Waals surface area contributed by atoms with Crippen molar-refractivity contribution < 1.29 is 22.7 Å². The average Bonchev–Trinajstić information content (AvgIpc) is 2.54. The van der Waals surface area contributed by atoms with E-state index < -0.39 is 12.1 Å². The molecule has 1 atom stereocenters. The van der Waals surface area contributed by atoms with Crippen LogP contribution >= 0.6 is 0 Å². The molecular weight excluding hydrogens is 319 g/mol. The number of carbonyl (C=O) groups is 1. The lowest BCUT2D eigenvalue weighted by Crippen LogP contribution is -2.21. The van der Waals surface area contributed by atoms with Gasteiger partial charge in [0.25, 0.3) is 5.91 Å². The summed E-state index contributed by atoms with van der Waals surface area (Å²) in [6.45, 7) is 1.12. The molecule has 3 nitrogen and oxygen atoms in total. The van der Waals surface area contributed by atoms with Crippen LogP contribution in [0.25, 0.3) is 0 Å². The highest BCUT2D eigenvalue weighted by molar-refractivity contribution is 5.93. The van der Waals surface area contributed by atoms with Crippen LogP contribution in [-0.4, -0.2) is 31.1 Å². The Labute approximate surface area is 138 Å². The van der Waals surface area contributed by atoms with Crippen molar-refractivity contribution in [2.75, 3.05) is 14.1 Å². The van der Waals surface area contributed by atoms with Crippen LogP contribution in [0.1, 0.15) is 28.8 Å². The van der Waals surface area contributed by atoms with Crippen LogP contribution in [0, 0.1) is 0 Å². The Morgan fingerprint density at radius 3 is 1.83 bits per heavy atom. The monoisotopic (exact) mass is 337 g/mol. The highest BCUT2D eigenvalue weighted by Gasteiger charge is 2.36. The average molecular weight is 337 g/mol. The maximum atomic E-state index is 12.7. The predicted molar refractivity (Wildman–Crippen MR) is 85.4 cm³/mol. The van der Waals surface area contributed by atoms with Crippen LogP contribution in [-0.2, 0) is 0 Å². The molecule has 0 radical (unpaired) electrons. The van der Waals surface area contributed by atoms with Crippen molar-refractivity contribution in [2.24, 2.45) is 0 Å². The summed E-state index contributed by atoms with van der Waals surface area (Å²) in [6.07, 6.45) is -4.27. The molecule has 2 aromatic carbocycles. The van der Waals surface area contributed by atoms with E-state index in [0.29, 0.717) is 17.1 Å². The molecule has 0 saturated carbocycles. The lowest BCUT2D eigenvalue weighted by molar-refractivity contribution is -0.146. The number of rotatable bonds is 4. The van der Waals surface area contributed by atoms with Gasteiger partial charge in [0, 0.05) is 19.7 Å². The molecule has 0 bridgehead atoms. The summed E-state index contributed by atoms with van der Waals surface area (Å²) >= 11 is 0. The number of carbonyl (C=O) groups excluding carboxylic acids is 1. The van der Waals surface area contributed by atoms with Gasteiger partial charge in [0.1, 0.15) is 11.5 Å². The molecule has 0 N–H and O–H groups in total. The molecule has 0 heterocycles. The van der Waals surface area contributed by atoms with Crippen molar-refractivity contribution in [2.45, 2.75) is 19.0 Å². The number of amides is 1. The second kappa shape index (κ2) is 6.95. The summed E-state index contributed by atoms with van der Waals surface area (Å²) in [5, 5.41) is 0. The summed E-state index contributed by atoms with van der Waals surface area (Å²) in [4.78, 5) is 13.3. The van der Waals surface area contributed by atoms with Gasteiger partial charge in [-0.1, -0.05) is 12.1 Å². The Kier molecular flexibility index (Phi) is 5.17. The van der Waals surface area contributed by atoms with Crippen LogP contribution in [0.15, 0.2) is 48.5 Å². The number of ether oxygens (including phenoxy) is 1. The second-order valence-corrected chi connectivity index (χ2v) is 5.66. The second-order valence-electron chi connectivity index (χ2n) is 5.66. The van der Waals surface area contributed by atoms with Gasteiger partial charge in [-0.05, 0) is 48.9 Å². The molecule has 0 aromatic heterocycles. The summed E-state index contributed by atoms with van der Waals surface area (Å²) in [5.74, 6) is -0.711. The number of alkyl halides is 3. The highest BCUT2D eigenvalue weighted by Crippen LogP contribution is 2.35. The van der Waals surface area contributed by atoms with Crippen LogP contribution in [0.4, 0.5) is 13.2 Å². The Morgan fingerprint density at radius 2 is 1.42 bits per heavy atom. The molecule has 1 unspecified atom stereocenters. The minimum atomic E-state index is -4.27. The summed E-state index contributed by atoms with van der Waals surface area (Å²) in [6, 6.07) is 12.4. The number of halogens is 3. The minimum absolute atomic E-state index is 0.118. The van der Waals surface area contributed by atoms with Crippen molar-refractivity contribution in [1.82, 2.24) is 4.90 Å². The van der Waals surface area contributed by atoms with Crippen molar-refractivity contribution in [1.29, 1.82) is 0 Å². The third kappa shape index (κ3) is 4.28. The largest absolute Gasteiger partial charge is 0.457 e. The first-order valence-electron chi connectivity index (χ1n) is 7.34. The summed E-state index contributed by atoms with van der Waals surface area (Å²) in [5.41, 5.74) is 0.712. The number of hydrogen-bond acceptors (Lipinski definition) is 2. The molecule has 0 aliphatic heterocycles. The van der Waals surface area contributed by atoms with E-state index in [9.17, 15) is 18.0 Å². The van der Waals surface area contributed by atoms with E-state index in [1.807, 2.05) is 0 Å². The first kappa shape index (κ1) is 17.8. The summed E-state index contributed by atoms with van der Waals surface area (Å²) < 4.78 is 43.6. The molecule has 0 aliphatic carbocycles. The fourth-order valence-corrected chi connectivity index (χ4v) is 2.07. The van der Waals surface area contributed by atoms with Gasteiger partial charge < -0.3 is 9.64 Å². The molecule has 0 fully saturated rings. The maximum absolute atomic E-state index is 12.7. The van der Waals surface area contributed by atoms with E-state index in [2.05, 4.69) is 0 Å². The normalized spacial score (nSPS) is 12.6. The van der Waals surface area contributed by atoms with Gasteiger partial charge in [0.2, 0.25) is 0 Å². The molecule has 6 heteroatoms. The third-order valence-corrected chi connectivity index (χ3v) is 3.61. The van der Waals surface area contributed by atoms with E-state index in [1.165, 1.54) is 29.2 Å². The van der Waals surface area contributed by atoms with Gasteiger partial charge in [0.05, 0.1) is 5.92 Å². The fourth-order valence-electron chi connectivity index (χ4n) is 2.07. The standard InChI is InChI=1S/C18H18F3NO2/c1-12(18(19,20)21)13-4-8-15(9-5-13)24-16-10-6-14(7-11-16)17(23)22(2)3/h4-12H,1-3H3. The molecular formula is C18H18F3NO2. The number of benzene rings is 2. The van der Waals surface area contributed by atoms with Gasteiger partial charge >= 0.3 is 6.18 Å². The number of nitrogens with zero attached hydrogens (tertiary/aromatic N) is 1. The zero-order chi connectivity index (χ0) is 17.9. The molecule has 0 saturated heterocycles. The van der Waals surface area contributed by atoms with Crippen molar-refractivity contribution >= 4 is 5.91 Å². The quantitative estimate of drug-likeness (QED) is 0.798. The lowest BCUT2D eigenvalue weighted by atomic mass is 10.0. The van der Waals surface area contributed by atoms with Crippen molar-refractivity contribution in [3.05, 3.63) is 59.7 Å². The van der Waals surface area contributed by atoms with E-state index in [1.54, 1.807) is 38.4 Å². The van der Waals surface area contributed by atoms with Crippen LogP contribution in [0.5, 0.6) is 11.5 Å². The Hall–Kier alpha value is -2.50. The van der Waals surface area contributed by atoms with Crippen LogP contribution in [0.3, 0.4) is 0 Å². The zero-order valence-corrected chi connectivity index (χ0v) is 13.6. The van der Waals surface area contributed by atoms with E-state index >= 15 is 0 Å². The smallest absolute Gasteiger partial charge is 0.395 e. The van der Waals surface area contributed by atoms with Gasteiger partial charge in [-0.25, -0.2) is 0 Å². The predicted octanol–water partition coefficient (Wildman–Crippen LogP) is 4.85. The van der Waals surface area contributed by atoms with Gasteiger partial charge in [-0.2, -0.15) is 13.2 Å². The Bertz CT molecular complexity index is 692. The highest BCUT2D eigenvalue weighted by atomic mass is 19.4. The molecule has 1 amide bonds. The topological polar surface area (TPSA) is 29.5 Å². The van der Waals surface area contributed by atoms with Gasteiger partial charge in [-0.3, -0.25) is 4.79 Å². The van der Waals surface area contributed by atoms with Crippen molar-refractivity contribution in [3.63, 3.8) is 0 Å². The minimum Gasteiger partial charge on any atom is -0.457 e. The van der Waals surface area contributed by atoms with Gasteiger partial charge in [-0.15, -0.1) is 0 Å². The van der Waals surface area contributed by atoms with Gasteiger partial charge in [0.15, 0.2) is 0 Å². The molecule has 2 rings (SSSR count). The van der Waals surface area contributed by atoms with E-state index in [0.717, 1.165) is 6.92 Å². The SMILES string of the molecule is CC(c1ccc(Oc2ccc(C(=O)N(C)C)cc2)cc1)C(F)(F)F. The Balaban J connectivity index is 2.08. The van der Waals surface area contributed by atoms with E-state index in [-0.39, 0.29) is 11.5 Å². The molecule has 0 spiro atoms. The van der Waals surface area contributed by atoms with E-state index in [4.69, 9.17) is 4.74 Å². The fraction of sp³-hybridized carbons (Fsp3) is 0.278. The molecule has 0 aliphatic rings. The van der Waals surface area contributed by atoms with Crippen LogP contribution < -0.4 is 4.74 Å². The van der Waals surface area contributed by atoms with Crippen molar-refractivity contribution in [3.8, 4) is 11.5 Å². The molecule has 2 aromatic rings. The first-order valence-corrected chi connectivity index (χ1v) is 7.34. The summed E-state index contributed by atoms with van der Waals surface area (Å²) in [7, 11) is 3.33.